The second kappa shape index (κ2) is 9.34. The summed E-state index contributed by atoms with van der Waals surface area (Å²) >= 11 is 0. The van der Waals surface area contributed by atoms with Crippen LogP contribution in [-0.2, 0) is 4.79 Å². The number of carbonyl (C=O) groups excluding carboxylic acids is 1. The van der Waals surface area contributed by atoms with Crippen LogP contribution in [0.25, 0.3) is 0 Å². The lowest BCUT2D eigenvalue weighted by Gasteiger charge is -2.28. The number of piperidine rings is 1. The molecule has 0 aromatic carbocycles. The third kappa shape index (κ3) is 6.36. The molecule has 1 saturated heterocycles. The highest BCUT2D eigenvalue weighted by molar-refractivity contribution is 5.76. The van der Waals surface area contributed by atoms with Crippen LogP contribution in [-0.4, -0.2) is 37.3 Å². The quantitative estimate of drug-likeness (QED) is 0.574. The van der Waals surface area contributed by atoms with Crippen LogP contribution in [0.5, 0.6) is 0 Å². The average Bonchev–Trinajstić information content (AvgIpc) is 2.39. The zero-order valence-electron chi connectivity index (χ0n) is 11.6. The van der Waals surface area contributed by atoms with Gasteiger partial charge < -0.3 is 15.7 Å². The van der Waals surface area contributed by atoms with E-state index in [9.17, 15) is 4.79 Å². The molecule has 1 amide bonds. The maximum absolute atomic E-state index is 11.7. The fourth-order valence-corrected chi connectivity index (χ4v) is 2.54. The number of aliphatic hydroxyl groups is 1. The Morgan fingerprint density at radius 2 is 2.28 bits per heavy atom. The standard InChI is InChI=1S/C14H28N2O2/c1-12(13-6-5-7-15-11-13)10-14(18)16-8-3-2-4-9-17/h12-13,15,17H,2-11H2,1H3,(H,16,18). The van der Waals surface area contributed by atoms with E-state index in [4.69, 9.17) is 5.11 Å². The van der Waals surface area contributed by atoms with Crippen LogP contribution in [0.3, 0.4) is 0 Å². The van der Waals surface area contributed by atoms with Gasteiger partial charge in [-0.25, -0.2) is 0 Å². The van der Waals surface area contributed by atoms with E-state index in [0.717, 1.165) is 38.9 Å². The molecule has 3 N–H and O–H groups in total. The minimum absolute atomic E-state index is 0.178. The third-order valence-corrected chi connectivity index (χ3v) is 3.80. The molecule has 0 aliphatic carbocycles. The molecule has 0 bridgehead atoms. The Labute approximate surface area is 111 Å². The third-order valence-electron chi connectivity index (χ3n) is 3.80. The summed E-state index contributed by atoms with van der Waals surface area (Å²) in [5, 5.41) is 15.0. The van der Waals surface area contributed by atoms with E-state index in [1.54, 1.807) is 0 Å². The highest BCUT2D eigenvalue weighted by Gasteiger charge is 2.21. The molecule has 1 aliphatic rings. The molecule has 1 aliphatic heterocycles. The van der Waals surface area contributed by atoms with Crippen LogP contribution >= 0.6 is 0 Å². The van der Waals surface area contributed by atoms with Crippen molar-refractivity contribution in [1.82, 2.24) is 10.6 Å². The maximum atomic E-state index is 11.7. The van der Waals surface area contributed by atoms with Crippen molar-refractivity contribution in [3.63, 3.8) is 0 Å². The normalized spacial score (nSPS) is 21.6. The molecule has 0 spiro atoms. The molecular weight excluding hydrogens is 228 g/mol. The summed E-state index contributed by atoms with van der Waals surface area (Å²) in [6.07, 6.45) is 5.91. The Morgan fingerprint density at radius 3 is 2.94 bits per heavy atom. The van der Waals surface area contributed by atoms with E-state index in [2.05, 4.69) is 17.6 Å². The van der Waals surface area contributed by atoms with Gasteiger partial charge >= 0.3 is 0 Å². The van der Waals surface area contributed by atoms with E-state index >= 15 is 0 Å². The highest BCUT2D eigenvalue weighted by Crippen LogP contribution is 2.22. The number of rotatable bonds is 8. The van der Waals surface area contributed by atoms with Crippen LogP contribution < -0.4 is 10.6 Å². The van der Waals surface area contributed by atoms with Crippen LogP contribution in [0.15, 0.2) is 0 Å². The lowest BCUT2D eigenvalue weighted by atomic mass is 9.85. The molecule has 18 heavy (non-hydrogen) atoms. The van der Waals surface area contributed by atoms with Gasteiger partial charge in [-0.3, -0.25) is 4.79 Å². The number of aliphatic hydroxyl groups excluding tert-OH is 1. The van der Waals surface area contributed by atoms with Crippen LogP contribution in [0.2, 0.25) is 0 Å². The first-order chi connectivity index (χ1) is 8.74. The van der Waals surface area contributed by atoms with Crippen molar-refractivity contribution in [2.75, 3.05) is 26.2 Å². The number of hydrogen-bond donors (Lipinski definition) is 3. The first kappa shape index (κ1) is 15.4. The van der Waals surface area contributed by atoms with Gasteiger partial charge in [0.05, 0.1) is 0 Å². The van der Waals surface area contributed by atoms with Gasteiger partial charge in [-0.1, -0.05) is 6.92 Å². The second-order valence-corrected chi connectivity index (χ2v) is 5.42. The van der Waals surface area contributed by atoms with Crippen LogP contribution in [0.4, 0.5) is 0 Å². The van der Waals surface area contributed by atoms with E-state index in [1.165, 1.54) is 12.8 Å². The summed E-state index contributed by atoms with van der Waals surface area (Å²) < 4.78 is 0. The predicted octanol–water partition coefficient (Wildman–Crippen LogP) is 1.29. The Morgan fingerprint density at radius 1 is 1.44 bits per heavy atom. The number of hydrogen-bond acceptors (Lipinski definition) is 3. The molecule has 0 radical (unpaired) electrons. The lowest BCUT2D eigenvalue weighted by Crippen LogP contribution is -2.35. The van der Waals surface area contributed by atoms with Crippen molar-refractivity contribution in [1.29, 1.82) is 0 Å². The van der Waals surface area contributed by atoms with E-state index in [-0.39, 0.29) is 12.5 Å². The first-order valence-corrected chi connectivity index (χ1v) is 7.32. The summed E-state index contributed by atoms with van der Waals surface area (Å²) in [7, 11) is 0. The molecule has 0 aromatic heterocycles. The molecule has 1 fully saturated rings. The maximum Gasteiger partial charge on any atom is 0.220 e. The minimum Gasteiger partial charge on any atom is -0.396 e. The molecule has 4 nitrogen and oxygen atoms in total. The van der Waals surface area contributed by atoms with Crippen molar-refractivity contribution in [2.24, 2.45) is 11.8 Å². The zero-order valence-corrected chi connectivity index (χ0v) is 11.6. The summed E-state index contributed by atoms with van der Waals surface area (Å²) in [4.78, 5) is 11.7. The molecule has 1 heterocycles. The highest BCUT2D eigenvalue weighted by atomic mass is 16.2. The zero-order chi connectivity index (χ0) is 13.2. The van der Waals surface area contributed by atoms with Gasteiger partial charge in [0.25, 0.3) is 0 Å². The molecule has 106 valence electrons. The van der Waals surface area contributed by atoms with E-state index < -0.39 is 0 Å². The first-order valence-electron chi connectivity index (χ1n) is 7.32. The Hall–Kier alpha value is -0.610. The van der Waals surface area contributed by atoms with E-state index in [0.29, 0.717) is 18.3 Å². The van der Waals surface area contributed by atoms with Gasteiger partial charge in [-0.05, 0) is 57.0 Å². The molecule has 4 heteroatoms. The van der Waals surface area contributed by atoms with Gasteiger partial charge in [0.1, 0.15) is 0 Å². The molecule has 2 atom stereocenters. The van der Waals surface area contributed by atoms with Crippen molar-refractivity contribution in [3.05, 3.63) is 0 Å². The Kier molecular flexibility index (Phi) is 8.01. The number of carbonyl (C=O) groups is 1. The Balaban J connectivity index is 2.07. The van der Waals surface area contributed by atoms with Crippen molar-refractivity contribution >= 4 is 5.91 Å². The van der Waals surface area contributed by atoms with Crippen molar-refractivity contribution < 1.29 is 9.90 Å². The molecule has 0 saturated carbocycles. The van der Waals surface area contributed by atoms with Gasteiger partial charge in [0, 0.05) is 19.6 Å². The number of nitrogens with one attached hydrogen (secondary N) is 2. The summed E-state index contributed by atoms with van der Waals surface area (Å²) in [6.45, 7) is 5.36. The molecular formula is C14H28N2O2. The average molecular weight is 256 g/mol. The minimum atomic E-state index is 0.178. The summed E-state index contributed by atoms with van der Waals surface area (Å²) in [6, 6.07) is 0. The Bertz CT molecular complexity index is 228. The van der Waals surface area contributed by atoms with Gasteiger partial charge in [-0.15, -0.1) is 0 Å². The van der Waals surface area contributed by atoms with Crippen molar-refractivity contribution in [2.45, 2.75) is 45.4 Å². The second-order valence-electron chi connectivity index (χ2n) is 5.42. The smallest absolute Gasteiger partial charge is 0.220 e. The predicted molar refractivity (Wildman–Crippen MR) is 73.3 cm³/mol. The molecule has 2 unspecified atom stereocenters. The van der Waals surface area contributed by atoms with Crippen molar-refractivity contribution in [3.8, 4) is 0 Å². The topological polar surface area (TPSA) is 61.4 Å². The summed E-state index contributed by atoms with van der Waals surface area (Å²) in [5.74, 6) is 1.30. The number of unbranched alkanes of at least 4 members (excludes halogenated alkanes) is 2. The fraction of sp³-hybridized carbons (Fsp3) is 0.929. The van der Waals surface area contributed by atoms with Crippen LogP contribution in [0, 0.1) is 11.8 Å². The molecule has 1 rings (SSSR count). The summed E-state index contributed by atoms with van der Waals surface area (Å²) in [5.41, 5.74) is 0. The molecule has 0 aromatic rings. The largest absolute Gasteiger partial charge is 0.396 e. The van der Waals surface area contributed by atoms with Gasteiger partial charge in [-0.2, -0.15) is 0 Å². The SMILES string of the molecule is CC(CC(=O)NCCCCCO)C1CCCNC1. The van der Waals surface area contributed by atoms with Gasteiger partial charge in [0.2, 0.25) is 5.91 Å². The lowest BCUT2D eigenvalue weighted by molar-refractivity contribution is -0.122. The number of amides is 1. The fourth-order valence-electron chi connectivity index (χ4n) is 2.54. The monoisotopic (exact) mass is 256 g/mol. The van der Waals surface area contributed by atoms with E-state index in [1.807, 2.05) is 0 Å². The van der Waals surface area contributed by atoms with Gasteiger partial charge in [0.15, 0.2) is 0 Å². The van der Waals surface area contributed by atoms with Crippen LogP contribution in [0.1, 0.15) is 45.4 Å².